The number of carbonyl (C=O) groups excluding carboxylic acids is 1. The Bertz CT molecular complexity index is 665. The highest BCUT2D eigenvalue weighted by Crippen LogP contribution is 2.45. The third-order valence-electron chi connectivity index (χ3n) is 4.81. The van der Waals surface area contributed by atoms with Crippen molar-refractivity contribution in [3.8, 4) is 0 Å². The van der Waals surface area contributed by atoms with Crippen LogP contribution in [0.2, 0.25) is 0 Å². The number of thioether (sulfide) groups is 1. The van der Waals surface area contributed by atoms with Crippen molar-refractivity contribution in [2.75, 3.05) is 31.1 Å². The van der Waals surface area contributed by atoms with Crippen LogP contribution in [0.25, 0.3) is 0 Å². The fourth-order valence-corrected chi connectivity index (χ4v) is 7.19. The summed E-state index contributed by atoms with van der Waals surface area (Å²) in [4.78, 5) is 15.3. The molecular weight excluding hydrogens is 364 g/mol. The summed E-state index contributed by atoms with van der Waals surface area (Å²) in [5.41, 5.74) is 0. The number of piperidine rings is 1. The maximum absolute atomic E-state index is 12.8. The molecule has 5 nitrogen and oxygen atoms in total. The number of nitrogens with zero attached hydrogens (tertiary/aromatic N) is 2. The van der Waals surface area contributed by atoms with Crippen LogP contribution in [0.5, 0.6) is 0 Å². The Labute approximate surface area is 152 Å². The first-order valence-corrected chi connectivity index (χ1v) is 11.9. The number of rotatable bonds is 5. The van der Waals surface area contributed by atoms with Crippen LogP contribution in [0.15, 0.2) is 17.5 Å². The highest BCUT2D eigenvalue weighted by Gasteiger charge is 2.47. The molecule has 1 aromatic rings. The molecule has 0 N–H and O–H groups in total. The smallest absolute Gasteiger partial charge is 0.265 e. The minimum absolute atomic E-state index is 0.0947. The maximum atomic E-state index is 12.8. The van der Waals surface area contributed by atoms with Gasteiger partial charge in [-0.25, -0.2) is 12.7 Å². The number of amides is 1. The fraction of sp³-hybridized carbons (Fsp3) is 0.688. The Morgan fingerprint density at radius 3 is 2.67 bits per heavy atom. The summed E-state index contributed by atoms with van der Waals surface area (Å²) in [7, 11) is -3.15. The third-order valence-corrected chi connectivity index (χ3v) is 9.17. The predicted molar refractivity (Wildman–Crippen MR) is 100 cm³/mol. The summed E-state index contributed by atoms with van der Waals surface area (Å²) in [6, 6.07) is 3.77. The Balaban J connectivity index is 1.69. The van der Waals surface area contributed by atoms with Gasteiger partial charge >= 0.3 is 0 Å². The first-order valence-electron chi connectivity index (χ1n) is 8.46. The summed E-state index contributed by atoms with van der Waals surface area (Å²) in [6.07, 6.45) is 3.04. The first kappa shape index (κ1) is 18.2. The van der Waals surface area contributed by atoms with Crippen molar-refractivity contribution < 1.29 is 13.2 Å². The molecule has 0 bridgehead atoms. The van der Waals surface area contributed by atoms with E-state index in [1.807, 2.05) is 41.1 Å². The van der Waals surface area contributed by atoms with Gasteiger partial charge in [-0.2, -0.15) is 0 Å². The van der Waals surface area contributed by atoms with Crippen molar-refractivity contribution >= 4 is 39.0 Å². The van der Waals surface area contributed by atoms with Crippen LogP contribution in [0.4, 0.5) is 0 Å². The number of hydrogen-bond donors (Lipinski definition) is 0. The van der Waals surface area contributed by atoms with Gasteiger partial charge in [0.25, 0.3) is 5.91 Å². The van der Waals surface area contributed by atoms with E-state index in [1.165, 1.54) is 11.3 Å². The number of sulfonamides is 1. The number of thiophene rings is 1. The van der Waals surface area contributed by atoms with Crippen molar-refractivity contribution in [2.45, 2.75) is 37.5 Å². The predicted octanol–water partition coefficient (Wildman–Crippen LogP) is 2.86. The molecule has 0 radical (unpaired) electrons. The Kier molecular flexibility index (Phi) is 5.58. The van der Waals surface area contributed by atoms with Gasteiger partial charge in [-0.1, -0.05) is 19.4 Å². The van der Waals surface area contributed by atoms with E-state index >= 15 is 0 Å². The van der Waals surface area contributed by atoms with Crippen LogP contribution in [-0.4, -0.2) is 59.5 Å². The molecule has 134 valence electrons. The Morgan fingerprint density at radius 2 is 2.04 bits per heavy atom. The molecule has 24 heavy (non-hydrogen) atoms. The third kappa shape index (κ3) is 3.52. The van der Waals surface area contributed by atoms with Crippen LogP contribution in [0.3, 0.4) is 0 Å². The Hall–Kier alpha value is -0.570. The molecule has 0 aromatic carbocycles. The molecule has 0 unspecified atom stereocenters. The zero-order valence-electron chi connectivity index (χ0n) is 13.9. The van der Waals surface area contributed by atoms with Gasteiger partial charge in [0.1, 0.15) is 0 Å². The lowest BCUT2D eigenvalue weighted by Gasteiger charge is -2.43. The normalized spacial score (nSPS) is 21.5. The first-order chi connectivity index (χ1) is 11.5. The second-order valence-corrected chi connectivity index (χ2v) is 10.8. The maximum Gasteiger partial charge on any atom is 0.265 e. The highest BCUT2D eigenvalue weighted by atomic mass is 32.2. The topological polar surface area (TPSA) is 57.7 Å². The van der Waals surface area contributed by atoms with Crippen molar-refractivity contribution in [3.63, 3.8) is 0 Å². The van der Waals surface area contributed by atoms with E-state index in [9.17, 15) is 13.2 Å². The fourth-order valence-electron chi connectivity index (χ4n) is 3.41. The van der Waals surface area contributed by atoms with E-state index in [4.69, 9.17) is 0 Å². The highest BCUT2D eigenvalue weighted by molar-refractivity contribution is 8.00. The van der Waals surface area contributed by atoms with Gasteiger partial charge in [0.2, 0.25) is 10.0 Å². The van der Waals surface area contributed by atoms with E-state index in [-0.39, 0.29) is 16.5 Å². The van der Waals surface area contributed by atoms with Crippen LogP contribution in [0, 0.1) is 0 Å². The zero-order chi connectivity index (χ0) is 17.2. The molecule has 2 fully saturated rings. The second kappa shape index (κ2) is 7.35. The van der Waals surface area contributed by atoms with E-state index in [0.29, 0.717) is 19.5 Å². The molecule has 1 spiro atoms. The molecule has 3 heterocycles. The van der Waals surface area contributed by atoms with Gasteiger partial charge in [-0.15, -0.1) is 23.1 Å². The van der Waals surface area contributed by atoms with Crippen LogP contribution in [0.1, 0.15) is 42.3 Å². The lowest BCUT2D eigenvalue weighted by Crippen LogP contribution is -2.53. The lowest BCUT2D eigenvalue weighted by atomic mass is 10.0. The van der Waals surface area contributed by atoms with Crippen molar-refractivity contribution in [1.29, 1.82) is 0 Å². The minimum atomic E-state index is -3.15. The van der Waals surface area contributed by atoms with Crippen LogP contribution in [-0.2, 0) is 10.0 Å². The molecule has 1 amide bonds. The molecule has 0 saturated carbocycles. The van der Waals surface area contributed by atoms with E-state index in [0.717, 1.165) is 36.4 Å². The molecule has 8 heteroatoms. The van der Waals surface area contributed by atoms with Gasteiger partial charge in [-0.05, 0) is 30.7 Å². The summed E-state index contributed by atoms with van der Waals surface area (Å²) in [5, 5.41) is 1.92. The van der Waals surface area contributed by atoms with E-state index in [1.54, 1.807) is 4.31 Å². The largest absolute Gasteiger partial charge is 0.322 e. The van der Waals surface area contributed by atoms with Gasteiger partial charge < -0.3 is 4.90 Å². The van der Waals surface area contributed by atoms with Gasteiger partial charge in [0, 0.05) is 25.4 Å². The number of unbranched alkanes of at least 4 members (excludes halogenated alkanes) is 1. The van der Waals surface area contributed by atoms with Crippen molar-refractivity contribution in [2.24, 2.45) is 0 Å². The molecular formula is C16H24N2O3S3. The quantitative estimate of drug-likeness (QED) is 0.778. The molecule has 1 aromatic heterocycles. The zero-order valence-corrected chi connectivity index (χ0v) is 16.4. The molecule has 3 rings (SSSR count). The SMILES string of the molecule is CCCCS(=O)(=O)N1CCC2(CC1)SCCN2C(=O)c1cccs1. The molecule has 2 aliphatic rings. The van der Waals surface area contributed by atoms with Gasteiger partial charge in [0.15, 0.2) is 0 Å². The molecule has 0 aliphatic carbocycles. The van der Waals surface area contributed by atoms with Gasteiger partial charge in [-0.3, -0.25) is 4.79 Å². The lowest BCUT2D eigenvalue weighted by molar-refractivity contribution is 0.0610. The summed E-state index contributed by atoms with van der Waals surface area (Å²) >= 11 is 3.29. The number of hydrogen-bond acceptors (Lipinski definition) is 5. The molecule has 2 saturated heterocycles. The molecule has 2 aliphatic heterocycles. The van der Waals surface area contributed by atoms with Crippen molar-refractivity contribution in [1.82, 2.24) is 9.21 Å². The van der Waals surface area contributed by atoms with Gasteiger partial charge in [0.05, 0.1) is 15.5 Å². The minimum Gasteiger partial charge on any atom is -0.322 e. The van der Waals surface area contributed by atoms with Crippen LogP contribution >= 0.6 is 23.1 Å². The average molecular weight is 389 g/mol. The second-order valence-electron chi connectivity index (χ2n) is 6.30. The summed E-state index contributed by atoms with van der Waals surface area (Å²) in [5.74, 6) is 1.26. The average Bonchev–Trinajstić information content (AvgIpc) is 3.23. The monoisotopic (exact) mass is 388 g/mol. The summed E-state index contributed by atoms with van der Waals surface area (Å²) < 4.78 is 26.4. The Morgan fingerprint density at radius 1 is 1.29 bits per heavy atom. The van der Waals surface area contributed by atoms with Crippen LogP contribution < -0.4 is 0 Å². The standard InChI is InChI=1S/C16H24N2O3S3/c1-2-3-13-24(20,21)17-8-6-16(7-9-17)18(10-12-23-16)15(19)14-5-4-11-22-14/h4-5,11H,2-3,6-10,12-13H2,1H3. The number of carbonyl (C=O) groups is 1. The van der Waals surface area contributed by atoms with Crippen molar-refractivity contribution in [3.05, 3.63) is 22.4 Å². The van der Waals surface area contributed by atoms with E-state index < -0.39 is 10.0 Å². The summed E-state index contributed by atoms with van der Waals surface area (Å²) in [6.45, 7) is 3.80. The molecule has 0 atom stereocenters. The van der Waals surface area contributed by atoms with E-state index in [2.05, 4.69) is 0 Å².